The molecule has 0 aromatic rings. The second kappa shape index (κ2) is 7.07. The highest BCUT2D eigenvalue weighted by Crippen LogP contribution is 2.09. The van der Waals surface area contributed by atoms with Crippen LogP contribution in [-0.2, 0) is 4.79 Å². The number of aliphatic hydroxyl groups is 1. The van der Waals surface area contributed by atoms with Gasteiger partial charge in [-0.2, -0.15) is 0 Å². The molecule has 1 amide bonds. The van der Waals surface area contributed by atoms with Gasteiger partial charge in [0.25, 0.3) is 0 Å². The minimum atomic E-state index is -0.391. The molecule has 1 aliphatic heterocycles. The number of carbonyl (C=O) groups is 1. The molecule has 106 valence electrons. The van der Waals surface area contributed by atoms with Gasteiger partial charge < -0.3 is 20.6 Å². The van der Waals surface area contributed by atoms with Crippen LogP contribution in [0.2, 0.25) is 0 Å². The maximum Gasteiger partial charge on any atom is 0.237 e. The summed E-state index contributed by atoms with van der Waals surface area (Å²) in [6.45, 7) is 5.68. The molecule has 0 saturated carbocycles. The van der Waals surface area contributed by atoms with Gasteiger partial charge in [-0.3, -0.25) is 4.79 Å². The molecule has 3 N–H and O–H groups in total. The van der Waals surface area contributed by atoms with Crippen molar-refractivity contribution >= 4 is 5.91 Å². The molecule has 18 heavy (non-hydrogen) atoms. The predicted molar refractivity (Wildman–Crippen MR) is 72.4 cm³/mol. The molecule has 5 heteroatoms. The Bertz CT molecular complexity index is 259. The smallest absolute Gasteiger partial charge is 0.237 e. The van der Waals surface area contributed by atoms with Crippen LogP contribution >= 0.6 is 0 Å². The van der Waals surface area contributed by atoms with Crippen LogP contribution in [0.15, 0.2) is 0 Å². The van der Waals surface area contributed by atoms with E-state index in [1.54, 1.807) is 0 Å². The Morgan fingerprint density at radius 3 is 2.61 bits per heavy atom. The largest absolute Gasteiger partial charge is 0.392 e. The number of aliphatic hydroxyl groups excluding tert-OH is 1. The van der Waals surface area contributed by atoms with Gasteiger partial charge in [-0.25, -0.2) is 0 Å². The molecular weight excluding hydrogens is 230 g/mol. The third kappa shape index (κ3) is 5.33. The van der Waals surface area contributed by atoms with Gasteiger partial charge in [0.1, 0.15) is 0 Å². The van der Waals surface area contributed by atoms with Gasteiger partial charge in [0.15, 0.2) is 0 Å². The van der Waals surface area contributed by atoms with Crippen LogP contribution in [0.3, 0.4) is 0 Å². The molecule has 0 aromatic carbocycles. The highest BCUT2D eigenvalue weighted by Gasteiger charge is 2.29. The summed E-state index contributed by atoms with van der Waals surface area (Å²) >= 11 is 0. The Balaban J connectivity index is 2.46. The quantitative estimate of drug-likeness (QED) is 0.617. The molecule has 1 aliphatic rings. The van der Waals surface area contributed by atoms with Crippen molar-refractivity contribution in [3.8, 4) is 0 Å². The van der Waals surface area contributed by atoms with Crippen LogP contribution in [0.4, 0.5) is 0 Å². The molecule has 0 spiro atoms. The van der Waals surface area contributed by atoms with Crippen LogP contribution in [0, 0.1) is 5.92 Å². The number of β-amino-alcohol motifs (C(OH)–C–C–N with tert-alkyl or cyclic N) is 1. The van der Waals surface area contributed by atoms with Crippen LogP contribution in [0.25, 0.3) is 0 Å². The first-order valence-corrected chi connectivity index (χ1v) is 6.75. The summed E-state index contributed by atoms with van der Waals surface area (Å²) in [5.41, 5.74) is 0. The van der Waals surface area contributed by atoms with E-state index in [1.165, 1.54) is 0 Å². The van der Waals surface area contributed by atoms with Gasteiger partial charge in [-0.15, -0.1) is 0 Å². The minimum absolute atomic E-state index is 0.0130. The molecule has 0 aromatic heterocycles. The Labute approximate surface area is 110 Å². The topological polar surface area (TPSA) is 64.6 Å². The molecule has 3 unspecified atom stereocenters. The summed E-state index contributed by atoms with van der Waals surface area (Å²) in [7, 11) is 4.02. The van der Waals surface area contributed by atoms with Crippen molar-refractivity contribution in [1.29, 1.82) is 0 Å². The first-order valence-electron chi connectivity index (χ1n) is 6.75. The second-order valence-electron chi connectivity index (χ2n) is 5.95. The lowest BCUT2D eigenvalue weighted by Crippen LogP contribution is -2.48. The lowest BCUT2D eigenvalue weighted by atomic mass is 10.0. The van der Waals surface area contributed by atoms with Gasteiger partial charge in [0.2, 0.25) is 5.91 Å². The third-order valence-electron chi connectivity index (χ3n) is 3.11. The average molecular weight is 257 g/mol. The van der Waals surface area contributed by atoms with Crippen molar-refractivity contribution in [2.75, 3.05) is 27.2 Å². The molecule has 0 aliphatic carbocycles. The number of likely N-dealkylation sites (N-methyl/N-ethyl adjacent to an activating group) is 1. The highest BCUT2D eigenvalue weighted by molar-refractivity contribution is 5.82. The lowest BCUT2D eigenvalue weighted by molar-refractivity contribution is -0.123. The monoisotopic (exact) mass is 257 g/mol. The Kier molecular flexibility index (Phi) is 6.05. The van der Waals surface area contributed by atoms with Gasteiger partial charge in [0.05, 0.1) is 12.1 Å². The van der Waals surface area contributed by atoms with E-state index in [0.29, 0.717) is 18.9 Å². The maximum atomic E-state index is 12.1. The normalized spacial score (nSPS) is 25.7. The first-order chi connectivity index (χ1) is 8.38. The van der Waals surface area contributed by atoms with Crippen molar-refractivity contribution in [3.63, 3.8) is 0 Å². The molecule has 1 saturated heterocycles. The van der Waals surface area contributed by atoms with E-state index in [2.05, 4.69) is 29.4 Å². The Hall–Kier alpha value is -0.650. The number of hydrogen-bond acceptors (Lipinski definition) is 4. The zero-order valence-electron chi connectivity index (χ0n) is 11.9. The number of rotatable bonds is 6. The van der Waals surface area contributed by atoms with Crippen molar-refractivity contribution in [2.24, 2.45) is 5.92 Å². The van der Waals surface area contributed by atoms with E-state index in [4.69, 9.17) is 0 Å². The predicted octanol–water partition coefficient (Wildman–Crippen LogP) is -0.198. The van der Waals surface area contributed by atoms with Crippen LogP contribution < -0.4 is 10.6 Å². The standard InChI is InChI=1S/C13H27N3O2/c1-9(2)5-10(8-16(3)4)15-13(18)12-6-11(17)7-14-12/h9-12,14,17H,5-8H2,1-4H3,(H,15,18). The first kappa shape index (κ1) is 15.4. The fourth-order valence-electron chi connectivity index (χ4n) is 2.41. The molecule has 1 heterocycles. The van der Waals surface area contributed by atoms with Crippen LogP contribution in [0.5, 0.6) is 0 Å². The summed E-state index contributed by atoms with van der Waals surface area (Å²) < 4.78 is 0. The van der Waals surface area contributed by atoms with E-state index in [0.717, 1.165) is 13.0 Å². The molecule has 0 radical (unpaired) electrons. The van der Waals surface area contributed by atoms with Gasteiger partial charge in [-0.05, 0) is 32.9 Å². The second-order valence-corrected chi connectivity index (χ2v) is 5.95. The molecule has 3 atom stereocenters. The molecule has 1 fully saturated rings. The zero-order chi connectivity index (χ0) is 13.7. The summed E-state index contributed by atoms with van der Waals surface area (Å²) in [5.74, 6) is 0.566. The van der Waals surface area contributed by atoms with Crippen molar-refractivity contribution in [3.05, 3.63) is 0 Å². The summed E-state index contributed by atoms with van der Waals surface area (Å²) in [5, 5.41) is 15.6. The van der Waals surface area contributed by atoms with E-state index in [-0.39, 0.29) is 18.0 Å². The Morgan fingerprint density at radius 1 is 1.50 bits per heavy atom. The fraction of sp³-hybridized carbons (Fsp3) is 0.923. The highest BCUT2D eigenvalue weighted by atomic mass is 16.3. The van der Waals surface area contributed by atoms with Crippen LogP contribution in [0.1, 0.15) is 26.7 Å². The summed E-state index contributed by atoms with van der Waals surface area (Å²) in [6.07, 6.45) is 1.10. The number of amides is 1. The van der Waals surface area contributed by atoms with E-state index in [1.807, 2.05) is 14.1 Å². The van der Waals surface area contributed by atoms with E-state index < -0.39 is 6.10 Å². The fourth-order valence-corrected chi connectivity index (χ4v) is 2.41. The Morgan fingerprint density at radius 2 is 2.17 bits per heavy atom. The summed E-state index contributed by atoms with van der Waals surface area (Å²) in [6, 6.07) is -0.0659. The van der Waals surface area contributed by atoms with Gasteiger partial charge in [0, 0.05) is 19.1 Å². The third-order valence-corrected chi connectivity index (χ3v) is 3.11. The van der Waals surface area contributed by atoms with E-state index >= 15 is 0 Å². The molecule has 1 rings (SSSR count). The summed E-state index contributed by atoms with van der Waals surface area (Å²) in [4.78, 5) is 14.1. The van der Waals surface area contributed by atoms with Crippen molar-refractivity contribution in [2.45, 2.75) is 44.9 Å². The van der Waals surface area contributed by atoms with Gasteiger partial charge in [-0.1, -0.05) is 13.8 Å². The molecule has 0 bridgehead atoms. The van der Waals surface area contributed by atoms with Crippen LogP contribution in [-0.4, -0.2) is 61.3 Å². The minimum Gasteiger partial charge on any atom is -0.392 e. The van der Waals surface area contributed by atoms with Gasteiger partial charge >= 0.3 is 0 Å². The molecular formula is C13H27N3O2. The lowest BCUT2D eigenvalue weighted by Gasteiger charge is -2.25. The average Bonchev–Trinajstić information content (AvgIpc) is 2.62. The SMILES string of the molecule is CC(C)CC(CN(C)C)NC(=O)C1CC(O)CN1. The number of nitrogens with one attached hydrogen (secondary N) is 2. The van der Waals surface area contributed by atoms with Crippen molar-refractivity contribution < 1.29 is 9.90 Å². The number of carbonyl (C=O) groups excluding carboxylic acids is 1. The molecule has 5 nitrogen and oxygen atoms in total. The number of hydrogen-bond donors (Lipinski definition) is 3. The number of nitrogens with zero attached hydrogens (tertiary/aromatic N) is 1. The van der Waals surface area contributed by atoms with E-state index in [9.17, 15) is 9.90 Å². The zero-order valence-corrected chi connectivity index (χ0v) is 11.9. The van der Waals surface area contributed by atoms with Crippen molar-refractivity contribution in [1.82, 2.24) is 15.5 Å². The maximum absolute atomic E-state index is 12.1.